The lowest BCUT2D eigenvalue weighted by molar-refractivity contribution is -0.143. The van der Waals surface area contributed by atoms with Gasteiger partial charge in [-0.05, 0) is 25.0 Å². The van der Waals surface area contributed by atoms with E-state index < -0.39 is 67.4 Å². The Bertz CT molecular complexity index is 2720. The van der Waals surface area contributed by atoms with Crippen LogP contribution < -0.4 is 0 Å². The summed E-state index contributed by atoms with van der Waals surface area (Å²) in [5, 5.41) is 33.7. The SMILES string of the molecule is Cc1cn(CC(F)(F)F)nc1S(=O)(=O)n1cc2c(n1)CN(C(=O)[C@@H](CO)c1ccccc1)C2.Cc1cn(CC(F)(F)F)nc1S(=O)(=O)n1cc2c(n1)CN(C(=O)[C@H](CO)c1ccccc1)C2. The molecule has 26 heteroatoms. The molecule has 8 rings (SSSR count). The third kappa shape index (κ3) is 10.0. The molecule has 0 saturated heterocycles. The van der Waals surface area contributed by atoms with E-state index in [1.807, 2.05) is 0 Å². The molecule has 0 spiro atoms. The van der Waals surface area contributed by atoms with Gasteiger partial charge in [-0.25, -0.2) is 0 Å². The lowest BCUT2D eigenvalue weighted by atomic mass is 9.98. The van der Waals surface area contributed by atoms with Crippen LogP contribution in [0.1, 0.15) is 56.6 Å². The van der Waals surface area contributed by atoms with Crippen LogP contribution in [-0.2, 0) is 68.9 Å². The molecule has 2 aromatic carbocycles. The molecule has 66 heavy (non-hydrogen) atoms. The minimum absolute atomic E-state index is 0.0432. The first-order valence-electron chi connectivity index (χ1n) is 19.8. The van der Waals surface area contributed by atoms with Gasteiger partial charge >= 0.3 is 32.4 Å². The van der Waals surface area contributed by atoms with E-state index in [1.165, 1.54) is 36.0 Å². The van der Waals surface area contributed by atoms with Crippen LogP contribution >= 0.6 is 0 Å². The van der Waals surface area contributed by atoms with Gasteiger partial charge in [0.25, 0.3) is 0 Å². The van der Waals surface area contributed by atoms with Crippen molar-refractivity contribution in [2.24, 2.45) is 0 Å². The highest BCUT2D eigenvalue weighted by molar-refractivity contribution is 7.90. The number of carbonyl (C=O) groups excluding carboxylic acids is 2. The molecule has 2 atom stereocenters. The van der Waals surface area contributed by atoms with Gasteiger partial charge in [-0.2, -0.15) is 71.7 Å². The molecule has 2 aliphatic rings. The number of alkyl halides is 6. The summed E-state index contributed by atoms with van der Waals surface area (Å²) in [5.41, 5.74) is 3.11. The number of aromatic nitrogens is 8. The summed E-state index contributed by atoms with van der Waals surface area (Å²) >= 11 is 0. The van der Waals surface area contributed by atoms with Crippen molar-refractivity contribution in [2.75, 3.05) is 13.2 Å². The maximum atomic E-state index is 12.9. The molecule has 0 fully saturated rings. The molecule has 0 radical (unpaired) electrons. The predicted molar refractivity (Wildman–Crippen MR) is 217 cm³/mol. The second-order valence-corrected chi connectivity index (χ2v) is 18.9. The largest absolute Gasteiger partial charge is 0.408 e. The number of hydrogen-bond donors (Lipinski definition) is 2. The standard InChI is InChI=1S/2C20H20F3N5O4S/c2*1-13-7-27(12-20(21,22)23)25-18(13)33(31,32)28-9-15-8-26(10-17(15)24-28)19(30)16(11-29)14-5-3-2-4-6-14/h2*2-7,9,16,29H,8,10-12H2,1H3/t2*16-/m10/s1. The first kappa shape index (κ1) is 47.6. The highest BCUT2D eigenvalue weighted by Crippen LogP contribution is 2.31. The lowest BCUT2D eigenvalue weighted by Crippen LogP contribution is -2.33. The second kappa shape index (κ2) is 18.1. The highest BCUT2D eigenvalue weighted by Gasteiger charge is 2.37. The number of nitrogens with zero attached hydrogens (tertiary/aromatic N) is 10. The molecule has 0 aliphatic carbocycles. The van der Waals surface area contributed by atoms with E-state index in [4.69, 9.17) is 0 Å². The van der Waals surface area contributed by atoms with Crippen molar-refractivity contribution in [3.63, 3.8) is 0 Å². The van der Waals surface area contributed by atoms with E-state index in [9.17, 15) is 63.0 Å². The summed E-state index contributed by atoms with van der Waals surface area (Å²) < 4.78 is 130. The summed E-state index contributed by atoms with van der Waals surface area (Å²) in [7, 11) is -8.64. The fourth-order valence-corrected chi connectivity index (χ4v) is 10.1. The molecule has 2 N–H and O–H groups in total. The summed E-state index contributed by atoms with van der Waals surface area (Å²) in [4.78, 5) is 28.8. The zero-order chi connectivity index (χ0) is 47.9. The quantitative estimate of drug-likeness (QED) is 0.168. The number of halogens is 6. The third-order valence-electron chi connectivity index (χ3n) is 10.6. The average molecular weight is 967 g/mol. The molecule has 0 bridgehead atoms. The molecule has 2 aliphatic heterocycles. The smallest absolute Gasteiger partial charge is 0.395 e. The maximum absolute atomic E-state index is 12.9. The number of fused-ring (bicyclic) bond motifs is 2. The van der Waals surface area contributed by atoms with Crippen LogP contribution in [0, 0.1) is 13.8 Å². The Labute approximate surface area is 372 Å². The van der Waals surface area contributed by atoms with E-state index in [2.05, 4.69) is 20.4 Å². The Morgan fingerprint density at radius 2 is 0.924 bits per heavy atom. The van der Waals surface area contributed by atoms with Crippen molar-refractivity contribution in [3.05, 3.63) is 130 Å². The highest BCUT2D eigenvalue weighted by atomic mass is 32.2. The molecule has 4 aromatic heterocycles. The van der Waals surface area contributed by atoms with Crippen LogP contribution in [0.5, 0.6) is 0 Å². The summed E-state index contributed by atoms with van der Waals surface area (Å²) in [6.07, 6.45) is -4.61. The van der Waals surface area contributed by atoms with Crippen LogP contribution in [0.15, 0.2) is 95.5 Å². The van der Waals surface area contributed by atoms with Crippen molar-refractivity contribution in [3.8, 4) is 0 Å². The third-order valence-corrected chi connectivity index (χ3v) is 13.7. The Balaban J connectivity index is 0.000000196. The first-order chi connectivity index (χ1) is 31.0. The van der Waals surface area contributed by atoms with E-state index >= 15 is 0 Å². The summed E-state index contributed by atoms with van der Waals surface area (Å²) in [5.74, 6) is -2.16. The number of aryl methyl sites for hydroxylation is 2. The minimum Gasteiger partial charge on any atom is -0.395 e. The van der Waals surface area contributed by atoms with Crippen LogP contribution in [-0.4, -0.2) is 112 Å². The molecule has 18 nitrogen and oxygen atoms in total. The van der Waals surface area contributed by atoms with E-state index in [-0.39, 0.29) is 62.3 Å². The van der Waals surface area contributed by atoms with Gasteiger partial charge in [0, 0.05) is 60.1 Å². The topological polar surface area (TPSA) is 221 Å². The van der Waals surface area contributed by atoms with Gasteiger partial charge in [-0.15, -0.1) is 0 Å². The molecular weight excluding hydrogens is 927 g/mol. The van der Waals surface area contributed by atoms with Crippen LogP contribution in [0.4, 0.5) is 26.3 Å². The molecular formula is C40H40F6N10O8S2. The molecule has 0 unspecified atom stereocenters. The lowest BCUT2D eigenvalue weighted by Gasteiger charge is -2.22. The van der Waals surface area contributed by atoms with Gasteiger partial charge in [0.05, 0.1) is 49.5 Å². The maximum Gasteiger partial charge on any atom is 0.408 e. The number of amides is 2. The van der Waals surface area contributed by atoms with Crippen molar-refractivity contribution in [1.29, 1.82) is 0 Å². The number of hydrogen-bond acceptors (Lipinski definition) is 12. The normalized spacial score (nSPS) is 15.0. The number of aliphatic hydroxyl groups excluding tert-OH is 2. The monoisotopic (exact) mass is 966 g/mol. The minimum atomic E-state index is -4.55. The molecule has 6 heterocycles. The zero-order valence-electron chi connectivity index (χ0n) is 34.8. The van der Waals surface area contributed by atoms with Gasteiger partial charge in [0.2, 0.25) is 21.9 Å². The Kier molecular flexibility index (Phi) is 13.1. The van der Waals surface area contributed by atoms with E-state index in [0.29, 0.717) is 51.2 Å². The Hall–Kier alpha value is -6.38. The second-order valence-electron chi connectivity index (χ2n) is 15.5. The molecule has 352 valence electrons. The van der Waals surface area contributed by atoms with Crippen LogP contribution in [0.25, 0.3) is 0 Å². The van der Waals surface area contributed by atoms with Gasteiger partial charge in [0.1, 0.15) is 13.1 Å². The van der Waals surface area contributed by atoms with E-state index in [1.54, 1.807) is 60.7 Å². The first-order valence-corrected chi connectivity index (χ1v) is 22.6. The Morgan fingerprint density at radius 1 is 0.576 bits per heavy atom. The molecule has 6 aromatic rings. The number of aliphatic hydroxyl groups is 2. The van der Waals surface area contributed by atoms with Crippen molar-refractivity contribution in [2.45, 2.75) is 87.4 Å². The number of rotatable bonds is 12. The van der Waals surface area contributed by atoms with Gasteiger partial charge in [0.15, 0.2) is 0 Å². The van der Waals surface area contributed by atoms with Gasteiger partial charge in [-0.1, -0.05) is 60.7 Å². The van der Waals surface area contributed by atoms with Crippen molar-refractivity contribution >= 4 is 31.9 Å². The average Bonchev–Trinajstić information content (AvgIpc) is 4.09. The Morgan fingerprint density at radius 3 is 1.23 bits per heavy atom. The van der Waals surface area contributed by atoms with Crippen LogP contribution in [0.2, 0.25) is 0 Å². The van der Waals surface area contributed by atoms with Crippen molar-refractivity contribution < 1.29 is 63.0 Å². The predicted octanol–water partition coefficient (Wildman–Crippen LogP) is 3.61. The van der Waals surface area contributed by atoms with Gasteiger partial charge < -0.3 is 20.0 Å². The number of benzene rings is 2. The van der Waals surface area contributed by atoms with Crippen molar-refractivity contribution in [1.82, 2.24) is 47.7 Å². The fourth-order valence-electron chi connectivity index (χ4n) is 7.50. The molecule has 0 saturated carbocycles. The number of carbonyl (C=O) groups is 2. The summed E-state index contributed by atoms with van der Waals surface area (Å²) in [6.45, 7) is -0.624. The van der Waals surface area contributed by atoms with Gasteiger partial charge in [-0.3, -0.25) is 19.0 Å². The van der Waals surface area contributed by atoms with Crippen LogP contribution in [0.3, 0.4) is 0 Å². The summed E-state index contributed by atoms with van der Waals surface area (Å²) in [6, 6.07) is 17.6. The molecule has 2 amide bonds. The zero-order valence-corrected chi connectivity index (χ0v) is 36.4. The van der Waals surface area contributed by atoms with E-state index in [0.717, 1.165) is 12.4 Å². The fraction of sp³-hybridized carbons (Fsp3) is 0.350.